The summed E-state index contributed by atoms with van der Waals surface area (Å²) in [6.45, 7) is 8.37. The molecule has 30 heavy (non-hydrogen) atoms. The lowest BCUT2D eigenvalue weighted by molar-refractivity contribution is -0.123. The Hall–Kier alpha value is -3.42. The topological polar surface area (TPSA) is 128 Å². The van der Waals surface area contributed by atoms with Crippen LogP contribution in [-0.4, -0.2) is 46.8 Å². The van der Waals surface area contributed by atoms with Gasteiger partial charge < -0.3 is 30.7 Å². The summed E-state index contributed by atoms with van der Waals surface area (Å²) in [7, 11) is 0. The van der Waals surface area contributed by atoms with Gasteiger partial charge in [0, 0.05) is 18.7 Å². The normalized spacial score (nSPS) is 11.1. The van der Waals surface area contributed by atoms with E-state index in [4.69, 9.17) is 4.74 Å². The first-order chi connectivity index (χ1) is 14.0. The van der Waals surface area contributed by atoms with Crippen molar-refractivity contribution in [2.75, 3.05) is 19.7 Å². The number of aromatic hydroxyl groups is 3. The molecule has 0 aromatic heterocycles. The highest BCUT2D eigenvalue weighted by molar-refractivity contribution is 5.95. The fourth-order valence-corrected chi connectivity index (χ4v) is 2.77. The van der Waals surface area contributed by atoms with Crippen LogP contribution < -0.4 is 15.4 Å². The fraction of sp³-hybridized carbons (Fsp3) is 0.364. The average molecular weight is 416 g/mol. The second kappa shape index (κ2) is 9.39. The average Bonchev–Trinajstić information content (AvgIpc) is 2.67. The molecule has 0 aliphatic carbocycles. The molecule has 0 spiro atoms. The van der Waals surface area contributed by atoms with E-state index in [1.807, 2.05) is 25.1 Å². The Kier molecular flexibility index (Phi) is 7.15. The third-order valence-electron chi connectivity index (χ3n) is 4.37. The summed E-state index contributed by atoms with van der Waals surface area (Å²) in [5.41, 5.74) is 1.98. The van der Waals surface area contributed by atoms with Crippen LogP contribution in [0, 0.1) is 6.92 Å². The second-order valence-corrected chi connectivity index (χ2v) is 8.01. The molecule has 0 atom stereocenters. The minimum Gasteiger partial charge on any atom is -0.504 e. The maximum Gasteiger partial charge on any atom is 0.258 e. The minimum absolute atomic E-state index is 0.0217. The Balaban J connectivity index is 1.80. The van der Waals surface area contributed by atoms with E-state index in [1.165, 1.54) is 0 Å². The first-order valence-electron chi connectivity index (χ1n) is 9.53. The Morgan fingerprint density at radius 1 is 0.967 bits per heavy atom. The lowest BCUT2D eigenvalue weighted by atomic mass is 9.85. The van der Waals surface area contributed by atoms with Crippen LogP contribution in [0.1, 0.15) is 42.3 Å². The molecule has 0 unspecified atom stereocenters. The van der Waals surface area contributed by atoms with Crippen molar-refractivity contribution in [3.63, 3.8) is 0 Å². The molecule has 0 aliphatic heterocycles. The number of carbonyl (C=O) groups excluding carboxylic acids is 2. The van der Waals surface area contributed by atoms with Crippen molar-refractivity contribution in [3.8, 4) is 23.0 Å². The molecule has 5 N–H and O–H groups in total. The Bertz CT molecular complexity index is 911. The number of hydrogen-bond donors (Lipinski definition) is 5. The van der Waals surface area contributed by atoms with Crippen LogP contribution in [0.15, 0.2) is 30.3 Å². The number of hydrogen-bond acceptors (Lipinski definition) is 6. The lowest BCUT2D eigenvalue weighted by Gasteiger charge is -2.23. The van der Waals surface area contributed by atoms with Gasteiger partial charge in [0.1, 0.15) is 5.75 Å². The van der Waals surface area contributed by atoms with Crippen LogP contribution >= 0.6 is 0 Å². The monoisotopic (exact) mass is 416 g/mol. The molecule has 162 valence electrons. The second-order valence-electron chi connectivity index (χ2n) is 8.01. The Morgan fingerprint density at radius 2 is 1.57 bits per heavy atom. The van der Waals surface area contributed by atoms with Gasteiger partial charge in [0.2, 0.25) is 0 Å². The molecule has 2 rings (SSSR count). The summed E-state index contributed by atoms with van der Waals surface area (Å²) in [4.78, 5) is 24.1. The van der Waals surface area contributed by atoms with Crippen molar-refractivity contribution in [2.24, 2.45) is 0 Å². The third kappa shape index (κ3) is 6.04. The molecule has 0 aliphatic rings. The van der Waals surface area contributed by atoms with Crippen LogP contribution in [0.2, 0.25) is 0 Å². The first kappa shape index (κ1) is 22.9. The van der Waals surface area contributed by atoms with E-state index in [2.05, 4.69) is 31.4 Å². The standard InChI is InChI=1S/C22H28N2O6/c1-13-5-6-18(15(9-13)22(2,3)4)30-12-19(27)23-7-8-24-21(29)14-10-16(25)20(28)17(26)11-14/h5-6,9-11,25-26,28H,7-8,12H2,1-4H3,(H,23,27)(H,24,29). The summed E-state index contributed by atoms with van der Waals surface area (Å²) in [5, 5.41) is 33.4. The number of aryl methyl sites for hydroxylation is 1. The van der Waals surface area contributed by atoms with Gasteiger partial charge in [-0.2, -0.15) is 0 Å². The number of benzene rings is 2. The van der Waals surface area contributed by atoms with Crippen molar-refractivity contribution in [1.82, 2.24) is 10.6 Å². The van der Waals surface area contributed by atoms with E-state index in [-0.39, 0.29) is 36.6 Å². The molecule has 2 aromatic rings. The zero-order chi connectivity index (χ0) is 22.5. The molecule has 0 saturated carbocycles. The first-order valence-corrected chi connectivity index (χ1v) is 9.53. The smallest absolute Gasteiger partial charge is 0.258 e. The van der Waals surface area contributed by atoms with Crippen molar-refractivity contribution >= 4 is 11.8 Å². The number of rotatable bonds is 7. The highest BCUT2D eigenvalue weighted by atomic mass is 16.5. The van der Waals surface area contributed by atoms with Crippen LogP contribution in [0.4, 0.5) is 0 Å². The Morgan fingerprint density at radius 3 is 2.17 bits per heavy atom. The SMILES string of the molecule is Cc1ccc(OCC(=O)NCCNC(=O)c2cc(O)c(O)c(O)c2)c(C(C)(C)C)c1. The number of phenols is 3. The quantitative estimate of drug-likeness (QED) is 0.348. The third-order valence-corrected chi connectivity index (χ3v) is 4.37. The molecule has 0 bridgehead atoms. The molecule has 0 radical (unpaired) electrons. The van der Waals surface area contributed by atoms with Crippen molar-refractivity contribution in [3.05, 3.63) is 47.0 Å². The van der Waals surface area contributed by atoms with E-state index >= 15 is 0 Å². The van der Waals surface area contributed by atoms with E-state index < -0.39 is 23.2 Å². The van der Waals surface area contributed by atoms with Gasteiger partial charge in [0.15, 0.2) is 23.9 Å². The van der Waals surface area contributed by atoms with Crippen LogP contribution in [0.3, 0.4) is 0 Å². The van der Waals surface area contributed by atoms with Gasteiger partial charge in [-0.25, -0.2) is 0 Å². The summed E-state index contributed by atoms with van der Waals surface area (Å²) < 4.78 is 5.69. The fourth-order valence-electron chi connectivity index (χ4n) is 2.77. The molecule has 2 aromatic carbocycles. The zero-order valence-electron chi connectivity index (χ0n) is 17.6. The molecule has 0 saturated heterocycles. The molecule has 0 fully saturated rings. The minimum atomic E-state index is -0.693. The van der Waals surface area contributed by atoms with E-state index in [9.17, 15) is 24.9 Å². The van der Waals surface area contributed by atoms with Crippen molar-refractivity contribution in [2.45, 2.75) is 33.1 Å². The van der Waals surface area contributed by atoms with E-state index in [0.717, 1.165) is 23.3 Å². The lowest BCUT2D eigenvalue weighted by Crippen LogP contribution is -2.36. The molecule has 2 amide bonds. The summed E-state index contributed by atoms with van der Waals surface area (Å²) >= 11 is 0. The highest BCUT2D eigenvalue weighted by Gasteiger charge is 2.19. The van der Waals surface area contributed by atoms with Gasteiger partial charge in [0.05, 0.1) is 0 Å². The summed E-state index contributed by atoms with van der Waals surface area (Å²) in [6.07, 6.45) is 0. The number of carbonyl (C=O) groups is 2. The number of amides is 2. The van der Waals surface area contributed by atoms with Crippen molar-refractivity contribution in [1.29, 1.82) is 0 Å². The van der Waals surface area contributed by atoms with Gasteiger partial charge in [-0.05, 0) is 36.1 Å². The maximum absolute atomic E-state index is 12.0. The predicted octanol–water partition coefficient (Wildman–Crippen LogP) is 2.33. The van der Waals surface area contributed by atoms with Gasteiger partial charge in [-0.1, -0.05) is 38.5 Å². The predicted molar refractivity (Wildman–Crippen MR) is 112 cm³/mol. The zero-order valence-corrected chi connectivity index (χ0v) is 17.6. The summed E-state index contributed by atoms with van der Waals surface area (Å²) in [5.74, 6) is -2.14. The highest BCUT2D eigenvalue weighted by Crippen LogP contribution is 2.35. The van der Waals surface area contributed by atoms with Gasteiger partial charge in [-0.15, -0.1) is 0 Å². The summed E-state index contributed by atoms with van der Waals surface area (Å²) in [6, 6.07) is 7.89. The van der Waals surface area contributed by atoms with Crippen LogP contribution in [-0.2, 0) is 10.2 Å². The number of ether oxygens (including phenoxy) is 1. The molecule has 8 nitrogen and oxygen atoms in total. The van der Waals surface area contributed by atoms with Crippen LogP contribution in [0.5, 0.6) is 23.0 Å². The molecule has 0 heterocycles. The van der Waals surface area contributed by atoms with Gasteiger partial charge in [0.25, 0.3) is 11.8 Å². The molecular formula is C22H28N2O6. The molecule has 8 heteroatoms. The van der Waals surface area contributed by atoms with E-state index in [0.29, 0.717) is 5.75 Å². The van der Waals surface area contributed by atoms with Crippen LogP contribution in [0.25, 0.3) is 0 Å². The molecular weight excluding hydrogens is 388 g/mol. The largest absolute Gasteiger partial charge is 0.504 e. The maximum atomic E-state index is 12.0. The number of phenolic OH excluding ortho intramolecular Hbond substituents is 3. The van der Waals surface area contributed by atoms with E-state index in [1.54, 1.807) is 0 Å². The van der Waals surface area contributed by atoms with Gasteiger partial charge in [-0.3, -0.25) is 9.59 Å². The van der Waals surface area contributed by atoms with Gasteiger partial charge >= 0.3 is 0 Å². The number of nitrogens with one attached hydrogen (secondary N) is 2. The van der Waals surface area contributed by atoms with Crippen molar-refractivity contribution < 1.29 is 29.6 Å². The Labute approximate surface area is 175 Å².